The van der Waals surface area contributed by atoms with Crippen molar-refractivity contribution in [1.82, 2.24) is 0 Å². The van der Waals surface area contributed by atoms with Crippen LogP contribution in [-0.4, -0.2) is 19.2 Å². The van der Waals surface area contributed by atoms with E-state index in [-0.39, 0.29) is 12.2 Å². The van der Waals surface area contributed by atoms with E-state index in [9.17, 15) is 4.79 Å². The molecule has 0 unspecified atom stereocenters. The number of allylic oxidation sites excluding steroid dienone is 1. The number of nitrogens with two attached hydrogens (primary N) is 1. The normalized spacial score (nSPS) is 9.60. The Morgan fingerprint density at radius 1 is 1.15 bits per heavy atom. The maximum absolute atomic E-state index is 12.0. The van der Waals surface area contributed by atoms with Gasteiger partial charge in [0.25, 0.3) is 0 Å². The topological polar surface area (TPSA) is 61.5 Å². The Balaban J connectivity index is 3.14. The second-order valence-electron chi connectivity index (χ2n) is 4.02. The fraction of sp³-hybridized carbons (Fsp3) is 0.188. The van der Waals surface area contributed by atoms with Crippen molar-refractivity contribution in [2.24, 2.45) is 0 Å². The maximum atomic E-state index is 12.0. The molecule has 1 aromatic rings. The van der Waals surface area contributed by atoms with Gasteiger partial charge in [-0.25, -0.2) is 4.79 Å². The highest BCUT2D eigenvalue weighted by atomic mass is 16.5. The maximum Gasteiger partial charge on any atom is 0.340 e. The van der Waals surface area contributed by atoms with Gasteiger partial charge in [-0.1, -0.05) is 31.4 Å². The van der Waals surface area contributed by atoms with Crippen molar-refractivity contribution in [3.05, 3.63) is 61.2 Å². The fourth-order valence-electron chi connectivity index (χ4n) is 1.63. The minimum atomic E-state index is -0.503. The summed E-state index contributed by atoms with van der Waals surface area (Å²) in [6, 6.07) is 3.35. The van der Waals surface area contributed by atoms with Gasteiger partial charge in [-0.15, -0.1) is 6.58 Å². The van der Waals surface area contributed by atoms with Crippen LogP contribution in [0.25, 0.3) is 0 Å². The lowest BCUT2D eigenvalue weighted by Crippen LogP contribution is -2.11. The number of nitrogen functional groups attached to an aromatic ring is 1. The molecular weight excluding hydrogens is 254 g/mol. The molecule has 0 aliphatic heterocycles. The Morgan fingerprint density at radius 3 is 2.45 bits per heavy atom. The van der Waals surface area contributed by atoms with Crippen molar-refractivity contribution < 1.29 is 14.3 Å². The predicted molar refractivity (Wildman–Crippen MR) is 80.9 cm³/mol. The van der Waals surface area contributed by atoms with E-state index >= 15 is 0 Å². The molecule has 1 aromatic carbocycles. The zero-order valence-corrected chi connectivity index (χ0v) is 11.4. The van der Waals surface area contributed by atoms with Crippen LogP contribution in [0.2, 0.25) is 0 Å². The van der Waals surface area contributed by atoms with Gasteiger partial charge < -0.3 is 15.2 Å². The third kappa shape index (κ3) is 4.02. The molecule has 106 valence electrons. The van der Waals surface area contributed by atoms with Crippen molar-refractivity contribution in [3.8, 4) is 5.75 Å². The average molecular weight is 273 g/mol. The number of carbonyl (C=O) groups excluding carboxylic acids is 1. The molecule has 0 heterocycles. The lowest BCUT2D eigenvalue weighted by atomic mass is 10.0. The van der Waals surface area contributed by atoms with E-state index in [4.69, 9.17) is 15.2 Å². The summed E-state index contributed by atoms with van der Waals surface area (Å²) in [6.45, 7) is 11.2. The van der Waals surface area contributed by atoms with Gasteiger partial charge in [0.2, 0.25) is 0 Å². The second kappa shape index (κ2) is 7.84. The van der Waals surface area contributed by atoms with E-state index in [1.807, 2.05) is 0 Å². The number of esters is 1. The SMILES string of the molecule is C=CCOC(=O)c1cc(OCC=C)cc(CC=C)c1N. The van der Waals surface area contributed by atoms with Gasteiger partial charge in [0, 0.05) is 5.69 Å². The highest BCUT2D eigenvalue weighted by Crippen LogP contribution is 2.26. The van der Waals surface area contributed by atoms with Gasteiger partial charge in [-0.05, 0) is 24.1 Å². The molecule has 0 saturated carbocycles. The number of rotatable bonds is 8. The summed E-state index contributed by atoms with van der Waals surface area (Å²) in [7, 11) is 0. The molecule has 0 aliphatic rings. The fourth-order valence-corrected chi connectivity index (χ4v) is 1.63. The first-order chi connectivity index (χ1) is 9.63. The van der Waals surface area contributed by atoms with Crippen molar-refractivity contribution >= 4 is 11.7 Å². The number of ether oxygens (including phenoxy) is 2. The van der Waals surface area contributed by atoms with Crippen LogP contribution in [0.3, 0.4) is 0 Å². The Hall–Kier alpha value is -2.49. The summed E-state index contributed by atoms with van der Waals surface area (Å²) in [6.07, 6.45) is 5.37. The minimum absolute atomic E-state index is 0.132. The molecule has 0 fully saturated rings. The van der Waals surface area contributed by atoms with Crippen LogP contribution in [0.1, 0.15) is 15.9 Å². The lowest BCUT2D eigenvalue weighted by Gasteiger charge is -2.13. The van der Waals surface area contributed by atoms with Crippen LogP contribution >= 0.6 is 0 Å². The molecular formula is C16H19NO3. The zero-order chi connectivity index (χ0) is 15.0. The number of anilines is 1. The molecule has 0 saturated heterocycles. The van der Waals surface area contributed by atoms with E-state index in [1.165, 1.54) is 6.08 Å². The zero-order valence-electron chi connectivity index (χ0n) is 11.4. The summed E-state index contributed by atoms with van der Waals surface area (Å²) < 4.78 is 10.5. The Morgan fingerprint density at radius 2 is 1.85 bits per heavy atom. The number of carbonyl (C=O) groups is 1. The van der Waals surface area contributed by atoms with E-state index in [0.29, 0.717) is 24.5 Å². The van der Waals surface area contributed by atoms with E-state index in [1.54, 1.807) is 24.3 Å². The molecule has 0 spiro atoms. The number of benzene rings is 1. The van der Waals surface area contributed by atoms with Crippen molar-refractivity contribution in [2.45, 2.75) is 6.42 Å². The molecule has 0 aromatic heterocycles. The van der Waals surface area contributed by atoms with Gasteiger partial charge in [0.05, 0.1) is 5.56 Å². The molecule has 0 radical (unpaired) electrons. The summed E-state index contributed by atoms with van der Waals surface area (Å²) in [5.74, 6) is 0.0401. The minimum Gasteiger partial charge on any atom is -0.490 e. The first kappa shape index (κ1) is 15.6. The van der Waals surface area contributed by atoms with Crippen LogP contribution in [-0.2, 0) is 11.2 Å². The molecule has 4 nitrogen and oxygen atoms in total. The van der Waals surface area contributed by atoms with Crippen molar-refractivity contribution in [2.75, 3.05) is 18.9 Å². The van der Waals surface area contributed by atoms with Crippen LogP contribution in [0.5, 0.6) is 5.75 Å². The van der Waals surface area contributed by atoms with E-state index in [0.717, 1.165) is 5.56 Å². The lowest BCUT2D eigenvalue weighted by molar-refractivity contribution is 0.0550. The molecule has 0 bridgehead atoms. The van der Waals surface area contributed by atoms with E-state index in [2.05, 4.69) is 19.7 Å². The third-order valence-electron chi connectivity index (χ3n) is 2.52. The molecule has 2 N–H and O–H groups in total. The summed E-state index contributed by atoms with van der Waals surface area (Å²) in [5, 5.41) is 0. The smallest absolute Gasteiger partial charge is 0.340 e. The largest absolute Gasteiger partial charge is 0.490 e. The standard InChI is InChI=1S/C16H19NO3/c1-4-7-12-10-13(19-8-5-2)11-14(15(12)17)16(18)20-9-6-3/h4-6,10-11H,1-3,7-9,17H2. The van der Waals surface area contributed by atoms with Crippen molar-refractivity contribution in [3.63, 3.8) is 0 Å². The van der Waals surface area contributed by atoms with Crippen LogP contribution in [0, 0.1) is 0 Å². The molecule has 20 heavy (non-hydrogen) atoms. The molecule has 4 heteroatoms. The highest BCUT2D eigenvalue weighted by Gasteiger charge is 2.16. The van der Waals surface area contributed by atoms with Crippen molar-refractivity contribution in [1.29, 1.82) is 0 Å². The Bertz CT molecular complexity index is 521. The summed E-state index contributed by atoms with van der Waals surface area (Å²) in [4.78, 5) is 12.0. The Kier molecular flexibility index (Phi) is 6.10. The first-order valence-electron chi connectivity index (χ1n) is 6.19. The second-order valence-corrected chi connectivity index (χ2v) is 4.02. The van der Waals surface area contributed by atoms with Gasteiger partial charge in [-0.3, -0.25) is 0 Å². The predicted octanol–water partition coefficient (Wildman–Crippen LogP) is 2.90. The quantitative estimate of drug-likeness (QED) is 0.449. The summed E-state index contributed by atoms with van der Waals surface area (Å²) >= 11 is 0. The van der Waals surface area contributed by atoms with Crippen LogP contribution < -0.4 is 10.5 Å². The van der Waals surface area contributed by atoms with Gasteiger partial charge in [0.15, 0.2) is 0 Å². The monoisotopic (exact) mass is 273 g/mol. The summed E-state index contributed by atoms with van der Waals surface area (Å²) in [5.41, 5.74) is 7.42. The molecule has 0 atom stereocenters. The number of hydrogen-bond donors (Lipinski definition) is 1. The molecule has 0 aliphatic carbocycles. The first-order valence-corrected chi connectivity index (χ1v) is 6.19. The highest BCUT2D eigenvalue weighted by molar-refractivity contribution is 5.96. The number of hydrogen-bond acceptors (Lipinski definition) is 4. The van der Waals surface area contributed by atoms with Crippen LogP contribution in [0.15, 0.2) is 50.1 Å². The van der Waals surface area contributed by atoms with Crippen LogP contribution in [0.4, 0.5) is 5.69 Å². The molecule has 0 amide bonds. The van der Waals surface area contributed by atoms with Gasteiger partial charge >= 0.3 is 5.97 Å². The Labute approximate surface area is 119 Å². The average Bonchev–Trinajstić information content (AvgIpc) is 2.45. The third-order valence-corrected chi connectivity index (χ3v) is 2.52. The molecule has 1 rings (SSSR count). The van der Waals surface area contributed by atoms with E-state index < -0.39 is 5.97 Å². The van der Waals surface area contributed by atoms with Gasteiger partial charge in [0.1, 0.15) is 19.0 Å². The van der Waals surface area contributed by atoms with Gasteiger partial charge in [-0.2, -0.15) is 0 Å².